The van der Waals surface area contributed by atoms with Crippen molar-refractivity contribution in [2.45, 2.75) is 51.7 Å². The molecule has 3 aromatic carbocycles. The molecule has 1 saturated carbocycles. The van der Waals surface area contributed by atoms with E-state index < -0.39 is 6.10 Å². The lowest BCUT2D eigenvalue weighted by Gasteiger charge is -2.31. The smallest absolute Gasteiger partial charge is 0.225 e. The van der Waals surface area contributed by atoms with E-state index in [2.05, 4.69) is 0 Å². The number of hydrogen-bond donors (Lipinski definition) is 2. The zero-order valence-corrected chi connectivity index (χ0v) is 22.2. The average molecular weight is 514 g/mol. The van der Waals surface area contributed by atoms with Crippen LogP contribution in [-0.4, -0.2) is 40.7 Å². The first-order valence-electron chi connectivity index (χ1n) is 13.3. The van der Waals surface area contributed by atoms with Crippen LogP contribution in [0, 0.1) is 5.92 Å². The molecule has 1 aliphatic carbocycles. The van der Waals surface area contributed by atoms with E-state index in [1.54, 1.807) is 30.3 Å². The molecular formula is C32H35NO5. The second-order valence-corrected chi connectivity index (χ2v) is 10.4. The van der Waals surface area contributed by atoms with Crippen molar-refractivity contribution >= 4 is 17.1 Å². The van der Waals surface area contributed by atoms with Gasteiger partial charge in [-0.1, -0.05) is 37.1 Å². The van der Waals surface area contributed by atoms with Gasteiger partial charge in [-0.05, 0) is 85.9 Å². The van der Waals surface area contributed by atoms with Gasteiger partial charge < -0.3 is 24.6 Å². The highest BCUT2D eigenvalue weighted by molar-refractivity contribution is 5.95. The summed E-state index contributed by atoms with van der Waals surface area (Å²) in [6, 6.07) is 20.0. The van der Waals surface area contributed by atoms with Gasteiger partial charge in [-0.3, -0.25) is 4.79 Å². The van der Waals surface area contributed by atoms with E-state index >= 15 is 0 Å². The van der Waals surface area contributed by atoms with Crippen LogP contribution in [0.25, 0.3) is 11.1 Å². The third-order valence-corrected chi connectivity index (χ3v) is 7.82. The summed E-state index contributed by atoms with van der Waals surface area (Å²) < 4.78 is 12.5. The van der Waals surface area contributed by atoms with Gasteiger partial charge >= 0.3 is 0 Å². The Hall–Kier alpha value is -3.93. The Bertz CT molecular complexity index is 1340. The standard InChI is InChI=1S/C32H35NO5/c1-20(33(3)32(36)23-7-4-5-8-23)19-37-27-14-11-22(12-15-27)31-30(24-9-6-10-25(34)17-24)21(2)28-18-26(35)13-16-29(28)38-31/h6,9-18,20,23,31,34-35H,4-5,7-8,19H2,1-3H3/t20-,31?/m0/s1. The molecule has 1 amide bonds. The molecular weight excluding hydrogens is 478 g/mol. The molecule has 1 fully saturated rings. The molecule has 2 atom stereocenters. The Balaban J connectivity index is 1.35. The number of likely N-dealkylation sites (N-methyl/N-ethyl adjacent to an activating group) is 1. The van der Waals surface area contributed by atoms with E-state index in [4.69, 9.17) is 9.47 Å². The van der Waals surface area contributed by atoms with Crippen LogP contribution in [0.2, 0.25) is 0 Å². The van der Waals surface area contributed by atoms with E-state index in [0.717, 1.165) is 59.3 Å². The normalized spacial score (nSPS) is 18.0. The number of amides is 1. The molecule has 1 aliphatic heterocycles. The molecule has 3 aromatic rings. The highest BCUT2D eigenvalue weighted by Gasteiger charge is 2.30. The van der Waals surface area contributed by atoms with Gasteiger partial charge in [0.1, 0.15) is 35.7 Å². The Morgan fingerprint density at radius 2 is 1.74 bits per heavy atom. The second kappa shape index (κ2) is 10.8. The summed E-state index contributed by atoms with van der Waals surface area (Å²) >= 11 is 0. The third kappa shape index (κ3) is 5.21. The summed E-state index contributed by atoms with van der Waals surface area (Å²) in [5.74, 6) is 2.15. The Labute approximate surface area is 224 Å². The molecule has 0 aromatic heterocycles. The number of benzene rings is 3. The minimum atomic E-state index is -0.406. The number of phenolic OH excluding ortho intramolecular Hbond substituents is 2. The number of ether oxygens (including phenoxy) is 2. The fourth-order valence-corrected chi connectivity index (χ4v) is 5.46. The number of phenols is 2. The van der Waals surface area contributed by atoms with Crippen molar-refractivity contribution in [1.29, 1.82) is 0 Å². The third-order valence-electron chi connectivity index (χ3n) is 7.82. The number of nitrogens with zero attached hydrogens (tertiary/aromatic N) is 1. The Kier molecular flexibility index (Phi) is 7.32. The van der Waals surface area contributed by atoms with Gasteiger partial charge in [-0.25, -0.2) is 0 Å². The molecule has 0 radical (unpaired) electrons. The van der Waals surface area contributed by atoms with E-state index in [1.807, 2.05) is 62.2 Å². The number of allylic oxidation sites excluding steroid dienone is 1. The minimum absolute atomic E-state index is 0.0275. The molecule has 0 spiro atoms. The molecule has 1 heterocycles. The monoisotopic (exact) mass is 513 g/mol. The van der Waals surface area contributed by atoms with Crippen molar-refractivity contribution in [2.24, 2.45) is 5.92 Å². The molecule has 2 N–H and O–H groups in total. The number of aromatic hydroxyl groups is 2. The average Bonchev–Trinajstić information content (AvgIpc) is 3.46. The number of hydrogen-bond acceptors (Lipinski definition) is 5. The van der Waals surface area contributed by atoms with Gasteiger partial charge in [0.25, 0.3) is 0 Å². The van der Waals surface area contributed by atoms with Crippen molar-refractivity contribution in [1.82, 2.24) is 4.90 Å². The van der Waals surface area contributed by atoms with Gasteiger partial charge in [0, 0.05) is 24.1 Å². The van der Waals surface area contributed by atoms with Gasteiger partial charge in [0.15, 0.2) is 0 Å². The largest absolute Gasteiger partial charge is 0.508 e. The molecule has 0 bridgehead atoms. The molecule has 198 valence electrons. The molecule has 2 aliphatic rings. The zero-order valence-electron chi connectivity index (χ0n) is 22.2. The summed E-state index contributed by atoms with van der Waals surface area (Å²) in [6.07, 6.45) is 3.86. The van der Waals surface area contributed by atoms with Gasteiger partial charge in [-0.2, -0.15) is 0 Å². The van der Waals surface area contributed by atoms with Crippen molar-refractivity contribution in [3.05, 3.63) is 83.4 Å². The first-order chi connectivity index (χ1) is 18.3. The summed E-state index contributed by atoms with van der Waals surface area (Å²) in [5.41, 5.74) is 4.51. The topological polar surface area (TPSA) is 79.2 Å². The number of carbonyl (C=O) groups excluding carboxylic acids is 1. The first-order valence-corrected chi connectivity index (χ1v) is 13.3. The molecule has 6 heteroatoms. The summed E-state index contributed by atoms with van der Waals surface area (Å²) in [5, 5.41) is 20.2. The van der Waals surface area contributed by atoms with Crippen molar-refractivity contribution in [3.8, 4) is 23.0 Å². The van der Waals surface area contributed by atoms with Crippen molar-refractivity contribution in [3.63, 3.8) is 0 Å². The maximum absolute atomic E-state index is 12.7. The number of fused-ring (bicyclic) bond motifs is 1. The Morgan fingerprint density at radius 3 is 2.45 bits per heavy atom. The number of carbonyl (C=O) groups is 1. The zero-order chi connectivity index (χ0) is 26.8. The summed E-state index contributed by atoms with van der Waals surface area (Å²) in [6.45, 7) is 4.44. The minimum Gasteiger partial charge on any atom is -0.508 e. The van der Waals surface area contributed by atoms with Gasteiger partial charge in [0.05, 0.1) is 6.04 Å². The van der Waals surface area contributed by atoms with E-state index in [1.165, 1.54) is 0 Å². The highest BCUT2D eigenvalue weighted by Crippen LogP contribution is 2.47. The van der Waals surface area contributed by atoms with Crippen LogP contribution < -0.4 is 9.47 Å². The summed E-state index contributed by atoms with van der Waals surface area (Å²) in [4.78, 5) is 14.6. The Morgan fingerprint density at radius 1 is 1.03 bits per heavy atom. The van der Waals surface area contributed by atoms with Crippen LogP contribution in [0.3, 0.4) is 0 Å². The van der Waals surface area contributed by atoms with Crippen LogP contribution in [0.4, 0.5) is 0 Å². The molecule has 1 unspecified atom stereocenters. The first kappa shape index (κ1) is 25.7. The highest BCUT2D eigenvalue weighted by atomic mass is 16.5. The van der Waals surface area contributed by atoms with Crippen LogP contribution in [0.1, 0.15) is 62.3 Å². The van der Waals surface area contributed by atoms with E-state index in [0.29, 0.717) is 12.4 Å². The number of rotatable bonds is 7. The van der Waals surface area contributed by atoms with Crippen molar-refractivity contribution in [2.75, 3.05) is 13.7 Å². The predicted octanol–water partition coefficient (Wildman–Crippen LogP) is 6.58. The maximum atomic E-state index is 12.7. The molecule has 5 rings (SSSR count). The molecule has 38 heavy (non-hydrogen) atoms. The quantitative estimate of drug-likeness (QED) is 0.373. The van der Waals surface area contributed by atoms with Crippen LogP contribution in [-0.2, 0) is 4.79 Å². The lowest BCUT2D eigenvalue weighted by atomic mass is 9.86. The van der Waals surface area contributed by atoms with Crippen LogP contribution in [0.5, 0.6) is 23.0 Å². The predicted molar refractivity (Wildman–Crippen MR) is 148 cm³/mol. The van der Waals surface area contributed by atoms with Crippen LogP contribution in [0.15, 0.2) is 66.7 Å². The van der Waals surface area contributed by atoms with Crippen molar-refractivity contribution < 1.29 is 24.5 Å². The van der Waals surface area contributed by atoms with Gasteiger partial charge in [-0.15, -0.1) is 0 Å². The maximum Gasteiger partial charge on any atom is 0.225 e. The fourth-order valence-electron chi connectivity index (χ4n) is 5.46. The van der Waals surface area contributed by atoms with Crippen LogP contribution >= 0.6 is 0 Å². The fraction of sp³-hybridized carbons (Fsp3) is 0.344. The lowest BCUT2D eigenvalue weighted by molar-refractivity contribution is -0.136. The molecule has 6 nitrogen and oxygen atoms in total. The van der Waals surface area contributed by atoms with E-state index in [-0.39, 0.29) is 29.4 Å². The van der Waals surface area contributed by atoms with Gasteiger partial charge in [0.2, 0.25) is 5.91 Å². The second-order valence-electron chi connectivity index (χ2n) is 10.4. The lowest BCUT2D eigenvalue weighted by Crippen LogP contribution is -2.41. The summed E-state index contributed by atoms with van der Waals surface area (Å²) in [7, 11) is 1.87. The van der Waals surface area contributed by atoms with E-state index in [9.17, 15) is 15.0 Å². The molecule has 0 saturated heterocycles. The SMILES string of the molecule is CC1=C(c2cccc(O)c2)C(c2ccc(OC[C@H](C)N(C)C(=O)C3CCCC3)cc2)Oc2ccc(O)cc21.